The summed E-state index contributed by atoms with van der Waals surface area (Å²) >= 11 is 5.23. The molecule has 0 radical (unpaired) electrons. The monoisotopic (exact) mass is 351 g/mol. The van der Waals surface area contributed by atoms with Crippen molar-refractivity contribution in [2.24, 2.45) is 5.10 Å². The molecule has 0 atom stereocenters. The number of anilines is 1. The summed E-state index contributed by atoms with van der Waals surface area (Å²) in [5.74, 6) is 0.714. The smallest absolute Gasteiger partial charge is 0.191 e. The van der Waals surface area contributed by atoms with E-state index in [4.69, 9.17) is 17.0 Å². The number of ether oxygens (including phenoxy) is 1. The van der Waals surface area contributed by atoms with Crippen LogP contribution in [-0.2, 0) is 0 Å². The van der Waals surface area contributed by atoms with Gasteiger partial charge >= 0.3 is 0 Å². The summed E-state index contributed by atoms with van der Waals surface area (Å²) in [7, 11) is 1.61. The van der Waals surface area contributed by atoms with Crippen molar-refractivity contribution in [3.8, 4) is 11.4 Å². The van der Waals surface area contributed by atoms with Crippen molar-refractivity contribution in [3.05, 3.63) is 72.8 Å². The lowest BCUT2D eigenvalue weighted by atomic mass is 10.2. The van der Waals surface area contributed by atoms with Gasteiger partial charge in [-0.3, -0.25) is 5.43 Å². The zero-order valence-corrected chi connectivity index (χ0v) is 14.4. The maximum absolute atomic E-state index is 5.27. The predicted octanol–water partition coefficient (Wildman–Crippen LogP) is 3.20. The third kappa shape index (κ3) is 4.42. The normalized spacial score (nSPS) is 10.6. The number of aromatic nitrogens is 2. The van der Waals surface area contributed by atoms with Gasteiger partial charge in [0.15, 0.2) is 5.11 Å². The van der Waals surface area contributed by atoms with Crippen molar-refractivity contribution in [3.63, 3.8) is 0 Å². The second-order valence-corrected chi connectivity index (χ2v) is 5.49. The van der Waals surface area contributed by atoms with Crippen LogP contribution in [0.25, 0.3) is 5.69 Å². The fraction of sp³-hybridized carbons (Fsp3) is 0.0556. The first kappa shape index (κ1) is 16.7. The maximum atomic E-state index is 5.27. The number of thiocarbonyl (C=S) groups is 1. The summed E-state index contributed by atoms with van der Waals surface area (Å²) in [5.41, 5.74) is 5.57. The van der Waals surface area contributed by atoms with Gasteiger partial charge < -0.3 is 14.6 Å². The first-order valence-corrected chi connectivity index (χ1v) is 7.98. The Morgan fingerprint density at radius 2 is 2.00 bits per heavy atom. The number of nitrogens with one attached hydrogen (secondary N) is 2. The van der Waals surface area contributed by atoms with E-state index in [2.05, 4.69) is 20.8 Å². The van der Waals surface area contributed by atoms with Crippen LogP contribution in [0, 0.1) is 0 Å². The Morgan fingerprint density at radius 1 is 1.20 bits per heavy atom. The quantitative estimate of drug-likeness (QED) is 0.420. The number of para-hydroxylation sites is 2. The van der Waals surface area contributed by atoms with Gasteiger partial charge in [0, 0.05) is 18.1 Å². The lowest BCUT2D eigenvalue weighted by Crippen LogP contribution is -2.24. The Bertz CT molecular complexity index is 859. The molecule has 0 fully saturated rings. The molecule has 0 bridgehead atoms. The van der Waals surface area contributed by atoms with Crippen LogP contribution in [0.3, 0.4) is 0 Å². The van der Waals surface area contributed by atoms with E-state index in [1.807, 2.05) is 59.3 Å². The Balaban J connectivity index is 1.56. The maximum Gasteiger partial charge on any atom is 0.191 e. The standard InChI is InChI=1S/C18H17N5OS/c1-24-17-5-3-2-4-16(17)21-18(25)22-20-12-14-6-8-15(9-7-14)23-11-10-19-13-23/h2-13H,1H3,(H2,21,22,25)/b20-12-. The van der Waals surface area contributed by atoms with Crippen LogP contribution in [0.1, 0.15) is 5.56 Å². The molecular weight excluding hydrogens is 334 g/mol. The second-order valence-electron chi connectivity index (χ2n) is 5.09. The molecule has 3 rings (SSSR count). The topological polar surface area (TPSA) is 63.5 Å². The van der Waals surface area contributed by atoms with Crippen molar-refractivity contribution in [2.45, 2.75) is 0 Å². The number of imidazole rings is 1. The third-order valence-corrected chi connectivity index (χ3v) is 3.62. The van der Waals surface area contributed by atoms with E-state index in [9.17, 15) is 0 Å². The summed E-state index contributed by atoms with van der Waals surface area (Å²) in [5, 5.41) is 7.58. The molecule has 25 heavy (non-hydrogen) atoms. The molecule has 7 heteroatoms. The SMILES string of the molecule is COc1ccccc1NC(=S)N/N=C\c1ccc(-n2ccnc2)cc1. The molecule has 0 aliphatic carbocycles. The van der Waals surface area contributed by atoms with Crippen LogP contribution in [0.2, 0.25) is 0 Å². The Hall–Kier alpha value is -3.19. The van der Waals surface area contributed by atoms with Gasteiger partial charge in [-0.1, -0.05) is 24.3 Å². The largest absolute Gasteiger partial charge is 0.495 e. The lowest BCUT2D eigenvalue weighted by molar-refractivity contribution is 0.417. The molecule has 3 aromatic rings. The average molecular weight is 351 g/mol. The minimum Gasteiger partial charge on any atom is -0.495 e. The summed E-state index contributed by atoms with van der Waals surface area (Å²) in [6, 6.07) is 15.5. The van der Waals surface area contributed by atoms with Gasteiger partial charge in [-0.25, -0.2) is 4.98 Å². The molecule has 0 aliphatic rings. The lowest BCUT2D eigenvalue weighted by Gasteiger charge is -2.10. The van der Waals surface area contributed by atoms with Crippen LogP contribution in [-0.4, -0.2) is 28.0 Å². The van der Waals surface area contributed by atoms with E-state index in [0.29, 0.717) is 10.9 Å². The molecular formula is C18H17N5OS. The van der Waals surface area contributed by atoms with Gasteiger partial charge in [0.2, 0.25) is 0 Å². The molecule has 126 valence electrons. The van der Waals surface area contributed by atoms with Gasteiger partial charge in [-0.05, 0) is 42.0 Å². The fourth-order valence-electron chi connectivity index (χ4n) is 2.21. The number of benzene rings is 2. The van der Waals surface area contributed by atoms with Crippen molar-refractivity contribution in [1.29, 1.82) is 0 Å². The van der Waals surface area contributed by atoms with Gasteiger partial charge in [-0.15, -0.1) is 0 Å². The molecule has 1 heterocycles. The van der Waals surface area contributed by atoms with Gasteiger partial charge in [0.25, 0.3) is 0 Å². The number of hydrazone groups is 1. The average Bonchev–Trinajstić information content (AvgIpc) is 3.17. The Morgan fingerprint density at radius 3 is 2.72 bits per heavy atom. The number of hydrogen-bond donors (Lipinski definition) is 2. The molecule has 6 nitrogen and oxygen atoms in total. The second kappa shape index (κ2) is 8.07. The van der Waals surface area contributed by atoms with Crippen LogP contribution >= 0.6 is 12.2 Å². The minimum absolute atomic E-state index is 0.385. The number of rotatable bonds is 5. The molecule has 2 N–H and O–H groups in total. The van der Waals surface area contributed by atoms with Gasteiger partial charge in [-0.2, -0.15) is 5.10 Å². The zero-order chi connectivity index (χ0) is 17.5. The summed E-state index contributed by atoms with van der Waals surface area (Å²) in [6.45, 7) is 0. The van der Waals surface area contributed by atoms with E-state index >= 15 is 0 Å². The molecule has 0 saturated heterocycles. The fourth-order valence-corrected chi connectivity index (χ4v) is 2.37. The highest BCUT2D eigenvalue weighted by molar-refractivity contribution is 7.80. The molecule has 0 unspecified atom stereocenters. The zero-order valence-electron chi connectivity index (χ0n) is 13.6. The minimum atomic E-state index is 0.385. The predicted molar refractivity (Wildman–Crippen MR) is 104 cm³/mol. The van der Waals surface area contributed by atoms with Gasteiger partial charge in [0.05, 0.1) is 25.3 Å². The van der Waals surface area contributed by atoms with Crippen molar-refractivity contribution in [1.82, 2.24) is 15.0 Å². The number of methoxy groups -OCH3 is 1. The first-order chi connectivity index (χ1) is 12.3. The van der Waals surface area contributed by atoms with Crippen molar-refractivity contribution < 1.29 is 4.74 Å². The van der Waals surface area contributed by atoms with E-state index in [-0.39, 0.29) is 0 Å². The Kier molecular flexibility index (Phi) is 5.38. The van der Waals surface area contributed by atoms with Crippen LogP contribution in [0.15, 0.2) is 72.4 Å². The number of nitrogens with zero attached hydrogens (tertiary/aromatic N) is 3. The third-order valence-electron chi connectivity index (χ3n) is 3.43. The Labute approximate surface area is 151 Å². The molecule has 2 aromatic carbocycles. The summed E-state index contributed by atoms with van der Waals surface area (Å²) < 4.78 is 7.20. The van der Waals surface area contributed by atoms with Crippen LogP contribution in [0.4, 0.5) is 5.69 Å². The van der Waals surface area contributed by atoms with E-state index < -0.39 is 0 Å². The van der Waals surface area contributed by atoms with E-state index in [1.54, 1.807) is 25.8 Å². The molecule has 0 saturated carbocycles. The van der Waals surface area contributed by atoms with E-state index in [1.165, 1.54) is 0 Å². The first-order valence-electron chi connectivity index (χ1n) is 7.58. The molecule has 0 amide bonds. The molecule has 0 spiro atoms. The highest BCUT2D eigenvalue weighted by Crippen LogP contribution is 2.22. The van der Waals surface area contributed by atoms with Gasteiger partial charge in [0.1, 0.15) is 5.75 Å². The highest BCUT2D eigenvalue weighted by atomic mass is 32.1. The molecule has 1 aromatic heterocycles. The summed E-state index contributed by atoms with van der Waals surface area (Å²) in [4.78, 5) is 4.03. The summed E-state index contributed by atoms with van der Waals surface area (Å²) in [6.07, 6.45) is 7.10. The molecule has 0 aliphatic heterocycles. The van der Waals surface area contributed by atoms with Crippen molar-refractivity contribution in [2.75, 3.05) is 12.4 Å². The van der Waals surface area contributed by atoms with Crippen LogP contribution in [0.5, 0.6) is 5.75 Å². The van der Waals surface area contributed by atoms with E-state index in [0.717, 1.165) is 16.9 Å². The van der Waals surface area contributed by atoms with Crippen molar-refractivity contribution >= 4 is 29.2 Å². The highest BCUT2D eigenvalue weighted by Gasteiger charge is 2.02. The number of hydrogen-bond acceptors (Lipinski definition) is 4. The van der Waals surface area contributed by atoms with Crippen LogP contribution < -0.4 is 15.5 Å².